The van der Waals surface area contributed by atoms with Crippen LogP contribution in [0.2, 0.25) is 5.02 Å². The minimum absolute atomic E-state index is 0.308. The maximum absolute atomic E-state index is 12.3. The fourth-order valence-electron chi connectivity index (χ4n) is 4.05. The molecule has 5 rings (SSSR count). The summed E-state index contributed by atoms with van der Waals surface area (Å²) in [5.41, 5.74) is 15.7. The van der Waals surface area contributed by atoms with E-state index in [1.165, 1.54) is 11.3 Å². The average Bonchev–Trinajstić information content (AvgIpc) is 3.61. The van der Waals surface area contributed by atoms with Crippen molar-refractivity contribution in [3.8, 4) is 27.6 Å². The zero-order chi connectivity index (χ0) is 26.1. The summed E-state index contributed by atoms with van der Waals surface area (Å²) in [4.78, 5) is 17.2. The Morgan fingerprint density at radius 2 is 2.03 bits per heavy atom. The van der Waals surface area contributed by atoms with Gasteiger partial charge in [0.05, 0.1) is 22.3 Å². The number of nitrogens with two attached hydrogens (primary N) is 2. The topological polar surface area (TPSA) is 123 Å². The molecule has 5 aromatic rings. The average molecular weight is 537 g/mol. The zero-order valence-corrected chi connectivity index (χ0v) is 21.8. The summed E-state index contributed by atoms with van der Waals surface area (Å²) in [6.07, 6.45) is 5.01. The molecule has 11 heteroatoms. The van der Waals surface area contributed by atoms with Crippen LogP contribution in [0, 0.1) is 0 Å². The van der Waals surface area contributed by atoms with Gasteiger partial charge in [-0.2, -0.15) is 5.10 Å². The van der Waals surface area contributed by atoms with Crippen LogP contribution in [-0.4, -0.2) is 38.4 Å². The van der Waals surface area contributed by atoms with Crippen LogP contribution in [-0.2, 0) is 7.05 Å². The van der Waals surface area contributed by atoms with E-state index in [0.29, 0.717) is 34.6 Å². The number of nitrogens with zero attached hydrogens (tertiary/aromatic N) is 4. The number of carbonyl (C=O) groups excluding carboxylic acids is 1. The molecule has 2 aromatic carbocycles. The predicted molar refractivity (Wildman–Crippen MR) is 145 cm³/mol. The Bertz CT molecular complexity index is 1590. The van der Waals surface area contributed by atoms with Crippen LogP contribution in [0.25, 0.3) is 27.2 Å². The van der Waals surface area contributed by atoms with E-state index >= 15 is 0 Å². The van der Waals surface area contributed by atoms with Crippen molar-refractivity contribution in [3.63, 3.8) is 0 Å². The minimum atomic E-state index is -0.576. The molecule has 0 aliphatic heterocycles. The van der Waals surface area contributed by atoms with Gasteiger partial charge in [0.25, 0.3) is 5.91 Å². The van der Waals surface area contributed by atoms with Gasteiger partial charge in [-0.05, 0) is 30.7 Å². The molecule has 4 N–H and O–H groups in total. The van der Waals surface area contributed by atoms with Gasteiger partial charge in [-0.15, -0.1) is 11.3 Å². The Morgan fingerprint density at radius 3 is 2.76 bits per heavy atom. The Kier molecular flexibility index (Phi) is 6.88. The second-order valence-electron chi connectivity index (χ2n) is 8.42. The number of amides is 1. The Hall–Kier alpha value is -3.86. The van der Waals surface area contributed by atoms with Crippen molar-refractivity contribution in [1.82, 2.24) is 19.3 Å². The van der Waals surface area contributed by atoms with Crippen molar-refractivity contribution in [2.75, 3.05) is 13.2 Å². The number of halogens is 1. The molecule has 190 valence electrons. The van der Waals surface area contributed by atoms with Gasteiger partial charge in [-0.1, -0.05) is 29.8 Å². The summed E-state index contributed by atoms with van der Waals surface area (Å²) in [6.45, 7) is 2.57. The molecule has 0 aliphatic rings. The molecule has 37 heavy (non-hydrogen) atoms. The number of hydrogen-bond donors (Lipinski definition) is 2. The van der Waals surface area contributed by atoms with Crippen molar-refractivity contribution in [2.24, 2.45) is 18.5 Å². The lowest BCUT2D eigenvalue weighted by molar-refractivity contribution is 0.0998. The van der Waals surface area contributed by atoms with Crippen molar-refractivity contribution in [2.45, 2.75) is 13.0 Å². The predicted octanol–water partition coefficient (Wildman–Crippen LogP) is 4.72. The van der Waals surface area contributed by atoms with Crippen molar-refractivity contribution >= 4 is 39.9 Å². The first-order valence-corrected chi connectivity index (χ1v) is 12.7. The normalized spacial score (nSPS) is 12.1. The molecule has 0 radical (unpaired) electrons. The van der Waals surface area contributed by atoms with Gasteiger partial charge < -0.3 is 20.9 Å². The second kappa shape index (κ2) is 10.3. The smallest absolute Gasteiger partial charge is 0.262 e. The van der Waals surface area contributed by atoms with E-state index in [4.69, 9.17) is 32.5 Å². The molecule has 1 atom stereocenters. The summed E-state index contributed by atoms with van der Waals surface area (Å²) in [5.74, 6) is 0.322. The lowest BCUT2D eigenvalue weighted by Crippen LogP contribution is -2.13. The van der Waals surface area contributed by atoms with Gasteiger partial charge in [0.15, 0.2) is 0 Å². The van der Waals surface area contributed by atoms with Crippen LogP contribution >= 0.6 is 22.9 Å². The molecule has 9 nitrogen and oxygen atoms in total. The van der Waals surface area contributed by atoms with Crippen LogP contribution in [0.1, 0.15) is 28.3 Å². The number of ether oxygens (including phenoxy) is 2. The highest BCUT2D eigenvalue weighted by molar-refractivity contribution is 7.16. The van der Waals surface area contributed by atoms with E-state index < -0.39 is 12.0 Å². The maximum atomic E-state index is 12.3. The molecule has 1 amide bonds. The van der Waals surface area contributed by atoms with Crippen LogP contribution in [0.4, 0.5) is 0 Å². The number of hydrogen-bond acceptors (Lipinski definition) is 7. The third-order valence-corrected chi connectivity index (χ3v) is 7.38. The number of rotatable bonds is 9. The van der Waals surface area contributed by atoms with E-state index in [9.17, 15) is 4.79 Å². The Morgan fingerprint density at radius 1 is 1.19 bits per heavy atom. The summed E-state index contributed by atoms with van der Waals surface area (Å²) in [6, 6.07) is 13.3. The van der Waals surface area contributed by atoms with Crippen molar-refractivity contribution in [3.05, 3.63) is 76.6 Å². The molecule has 0 saturated carbocycles. The summed E-state index contributed by atoms with van der Waals surface area (Å²) < 4.78 is 15.5. The number of imidazole rings is 1. The number of benzene rings is 2. The molecule has 0 bridgehead atoms. The third-order valence-electron chi connectivity index (χ3n) is 5.84. The highest BCUT2D eigenvalue weighted by atomic mass is 35.5. The lowest BCUT2D eigenvalue weighted by atomic mass is 10.1. The number of aromatic nitrogens is 4. The summed E-state index contributed by atoms with van der Waals surface area (Å²) in [7, 11) is 1.88. The standard InChI is InChI=1S/C26H25ClN6O3S/c1-15(18-4-3-5-21(24(18)27)35-9-8-28)36-22-11-23(37-25(22)26(29)34)33-14-30-19-10-16(6-7-20(19)33)17-12-31-32(2)13-17/h3-7,10-15H,8-9,28H2,1-2H3,(H2,29,34)/t15-/m1/s1. The third kappa shape index (κ3) is 4.91. The van der Waals surface area contributed by atoms with E-state index in [0.717, 1.165) is 32.7 Å². The van der Waals surface area contributed by atoms with Gasteiger partial charge in [0.1, 0.15) is 40.4 Å². The SMILES string of the molecule is C[C@@H](Oc1cc(-n2cnc3cc(-c4cnn(C)c4)ccc32)sc1C(N)=O)c1cccc(OCCN)c1Cl. The highest BCUT2D eigenvalue weighted by Gasteiger charge is 2.22. The van der Waals surface area contributed by atoms with E-state index in [-0.39, 0.29) is 0 Å². The van der Waals surface area contributed by atoms with Crippen LogP contribution < -0.4 is 20.9 Å². The van der Waals surface area contributed by atoms with Crippen molar-refractivity contribution in [1.29, 1.82) is 0 Å². The zero-order valence-electron chi connectivity index (χ0n) is 20.2. The summed E-state index contributed by atoms with van der Waals surface area (Å²) >= 11 is 7.80. The van der Waals surface area contributed by atoms with Gasteiger partial charge in [0.2, 0.25) is 0 Å². The monoisotopic (exact) mass is 536 g/mol. The molecule has 0 fully saturated rings. The molecule has 3 aromatic heterocycles. The highest BCUT2D eigenvalue weighted by Crippen LogP contribution is 2.39. The summed E-state index contributed by atoms with van der Waals surface area (Å²) in [5, 5.41) is 5.42. The number of primary amides is 1. The fraction of sp³-hybridized carbons (Fsp3) is 0.192. The van der Waals surface area contributed by atoms with Gasteiger partial charge >= 0.3 is 0 Å². The molecule has 0 unspecified atom stereocenters. The van der Waals surface area contributed by atoms with Crippen molar-refractivity contribution < 1.29 is 14.3 Å². The molecule has 0 saturated heterocycles. The van der Waals surface area contributed by atoms with Gasteiger partial charge in [-0.25, -0.2) is 4.98 Å². The van der Waals surface area contributed by atoms with E-state index in [1.807, 2.05) is 61.3 Å². The lowest BCUT2D eigenvalue weighted by Gasteiger charge is -2.18. The number of thiophene rings is 1. The maximum Gasteiger partial charge on any atom is 0.262 e. The van der Waals surface area contributed by atoms with E-state index in [2.05, 4.69) is 10.1 Å². The second-order valence-corrected chi connectivity index (χ2v) is 9.83. The first kappa shape index (κ1) is 24.8. The largest absolute Gasteiger partial charge is 0.491 e. The van der Waals surface area contributed by atoms with E-state index in [1.54, 1.807) is 23.1 Å². The Balaban J connectivity index is 1.46. The minimum Gasteiger partial charge on any atom is -0.491 e. The molecule has 0 aliphatic carbocycles. The number of aryl methyl sites for hydroxylation is 1. The fourth-order valence-corrected chi connectivity index (χ4v) is 5.32. The number of carbonyl (C=O) groups is 1. The molecule has 0 spiro atoms. The van der Waals surface area contributed by atoms with Gasteiger partial charge in [-0.3, -0.25) is 14.0 Å². The van der Waals surface area contributed by atoms with Gasteiger partial charge in [0, 0.05) is 37.0 Å². The van der Waals surface area contributed by atoms with Crippen LogP contribution in [0.5, 0.6) is 11.5 Å². The quantitative estimate of drug-likeness (QED) is 0.281. The van der Waals surface area contributed by atoms with Crippen LogP contribution in [0.3, 0.4) is 0 Å². The molecule has 3 heterocycles. The van der Waals surface area contributed by atoms with Crippen LogP contribution in [0.15, 0.2) is 61.2 Å². The Labute approximate surface area is 222 Å². The first-order valence-electron chi connectivity index (χ1n) is 11.5. The molecular formula is C26H25ClN6O3S. The number of fused-ring (bicyclic) bond motifs is 1. The molecular weight excluding hydrogens is 512 g/mol. The first-order chi connectivity index (χ1) is 17.9.